The number of nitrogens with zero attached hydrogens (tertiary/aromatic N) is 1. The third-order valence-electron chi connectivity index (χ3n) is 2.86. The number of nitrogens with two attached hydrogens (primary N) is 1. The molecule has 0 unspecified atom stereocenters. The maximum absolute atomic E-state index is 5.70. The van der Waals surface area contributed by atoms with Gasteiger partial charge in [0.15, 0.2) is 0 Å². The second-order valence-corrected chi connectivity index (χ2v) is 5.47. The highest BCUT2D eigenvalue weighted by Gasteiger charge is 2.40. The summed E-state index contributed by atoms with van der Waals surface area (Å²) < 4.78 is 0. The zero-order valence-corrected chi connectivity index (χ0v) is 9.36. The average Bonchev–Trinajstić information content (AvgIpc) is 2.84. The Balaban J connectivity index is 1.73. The molecular formula is C10H17N3S. The molecule has 0 radical (unpaired) electrons. The summed E-state index contributed by atoms with van der Waals surface area (Å²) in [5.41, 5.74) is 6.13. The summed E-state index contributed by atoms with van der Waals surface area (Å²) in [5, 5.41) is 4.60. The van der Waals surface area contributed by atoms with E-state index in [9.17, 15) is 0 Å². The summed E-state index contributed by atoms with van der Waals surface area (Å²) in [5.74, 6) is 0. The van der Waals surface area contributed by atoms with Gasteiger partial charge in [-0.05, 0) is 31.7 Å². The number of rotatable bonds is 5. The van der Waals surface area contributed by atoms with Crippen molar-refractivity contribution in [2.45, 2.75) is 26.3 Å². The largest absolute Gasteiger partial charge is 0.330 e. The Morgan fingerprint density at radius 1 is 1.64 bits per heavy atom. The first-order valence-electron chi connectivity index (χ1n) is 5.06. The van der Waals surface area contributed by atoms with Gasteiger partial charge in [-0.1, -0.05) is 0 Å². The first kappa shape index (κ1) is 10.1. The summed E-state index contributed by atoms with van der Waals surface area (Å²) in [7, 11) is 0. The number of nitrogens with one attached hydrogen (secondary N) is 1. The topological polar surface area (TPSA) is 50.9 Å². The zero-order valence-electron chi connectivity index (χ0n) is 8.55. The fraction of sp³-hybridized carbons (Fsp3) is 0.700. The van der Waals surface area contributed by atoms with Crippen molar-refractivity contribution in [2.24, 2.45) is 11.1 Å². The van der Waals surface area contributed by atoms with Crippen LogP contribution in [-0.4, -0.2) is 18.1 Å². The van der Waals surface area contributed by atoms with Gasteiger partial charge in [0, 0.05) is 24.2 Å². The van der Waals surface area contributed by atoms with E-state index >= 15 is 0 Å². The van der Waals surface area contributed by atoms with E-state index < -0.39 is 0 Å². The van der Waals surface area contributed by atoms with Gasteiger partial charge in [0.25, 0.3) is 0 Å². The van der Waals surface area contributed by atoms with Gasteiger partial charge in [-0.2, -0.15) is 0 Å². The summed E-state index contributed by atoms with van der Waals surface area (Å²) in [6.07, 6.45) is 4.53. The lowest BCUT2D eigenvalue weighted by atomic mass is 10.1. The van der Waals surface area contributed by atoms with E-state index in [-0.39, 0.29) is 0 Å². The van der Waals surface area contributed by atoms with Gasteiger partial charge in [0.05, 0.1) is 5.01 Å². The molecule has 78 valence electrons. The molecule has 0 amide bonds. The van der Waals surface area contributed by atoms with Crippen molar-refractivity contribution in [1.82, 2.24) is 10.3 Å². The number of hydrogen-bond acceptors (Lipinski definition) is 4. The number of thiazole rings is 1. The van der Waals surface area contributed by atoms with Crippen molar-refractivity contribution in [3.8, 4) is 0 Å². The van der Waals surface area contributed by atoms with E-state index in [0.29, 0.717) is 5.41 Å². The lowest BCUT2D eigenvalue weighted by Crippen LogP contribution is -2.29. The van der Waals surface area contributed by atoms with Crippen molar-refractivity contribution in [1.29, 1.82) is 0 Å². The first-order chi connectivity index (χ1) is 6.74. The average molecular weight is 211 g/mol. The molecule has 0 aliphatic heterocycles. The van der Waals surface area contributed by atoms with Crippen molar-refractivity contribution in [3.05, 3.63) is 16.1 Å². The molecular weight excluding hydrogens is 194 g/mol. The lowest BCUT2D eigenvalue weighted by Gasteiger charge is -2.12. The molecule has 1 aliphatic rings. The van der Waals surface area contributed by atoms with Crippen molar-refractivity contribution < 1.29 is 0 Å². The summed E-state index contributed by atoms with van der Waals surface area (Å²) in [6.45, 7) is 4.85. The van der Waals surface area contributed by atoms with Gasteiger partial charge in [-0.15, -0.1) is 11.3 Å². The molecule has 0 aromatic carbocycles. The number of aromatic nitrogens is 1. The van der Waals surface area contributed by atoms with Crippen LogP contribution in [0.5, 0.6) is 0 Å². The highest BCUT2D eigenvalue weighted by molar-refractivity contribution is 7.11. The van der Waals surface area contributed by atoms with Crippen LogP contribution < -0.4 is 11.1 Å². The second-order valence-electron chi connectivity index (χ2n) is 4.15. The minimum absolute atomic E-state index is 0.430. The van der Waals surface area contributed by atoms with E-state index in [1.165, 1.54) is 17.7 Å². The molecule has 3 N–H and O–H groups in total. The Kier molecular flexibility index (Phi) is 2.85. The molecule has 1 heterocycles. The number of hydrogen-bond donors (Lipinski definition) is 2. The SMILES string of the molecule is Cc1ncc(CNCC2(CN)CC2)s1. The van der Waals surface area contributed by atoms with Crippen molar-refractivity contribution in [3.63, 3.8) is 0 Å². The minimum atomic E-state index is 0.430. The van der Waals surface area contributed by atoms with E-state index in [4.69, 9.17) is 5.73 Å². The van der Waals surface area contributed by atoms with Crippen LogP contribution in [-0.2, 0) is 6.54 Å². The molecule has 4 heteroatoms. The van der Waals surface area contributed by atoms with Gasteiger partial charge < -0.3 is 11.1 Å². The first-order valence-corrected chi connectivity index (χ1v) is 5.88. The molecule has 1 aliphatic carbocycles. The zero-order chi connectivity index (χ0) is 10.0. The molecule has 0 spiro atoms. The van der Waals surface area contributed by atoms with Gasteiger partial charge in [0.1, 0.15) is 0 Å². The van der Waals surface area contributed by atoms with E-state index in [1.54, 1.807) is 11.3 Å². The Morgan fingerprint density at radius 2 is 2.43 bits per heavy atom. The van der Waals surface area contributed by atoms with Crippen LogP contribution in [0.1, 0.15) is 22.7 Å². The molecule has 0 bridgehead atoms. The predicted octanol–water partition coefficient (Wildman–Crippen LogP) is 1.28. The van der Waals surface area contributed by atoms with E-state index in [1.807, 2.05) is 13.1 Å². The van der Waals surface area contributed by atoms with Gasteiger partial charge >= 0.3 is 0 Å². The molecule has 1 aromatic heterocycles. The summed E-state index contributed by atoms with van der Waals surface area (Å²) in [4.78, 5) is 5.54. The van der Waals surface area contributed by atoms with Crippen molar-refractivity contribution >= 4 is 11.3 Å². The van der Waals surface area contributed by atoms with Crippen LogP contribution in [0.2, 0.25) is 0 Å². The van der Waals surface area contributed by atoms with Crippen LogP contribution in [0.25, 0.3) is 0 Å². The van der Waals surface area contributed by atoms with E-state index in [0.717, 1.165) is 24.6 Å². The van der Waals surface area contributed by atoms with Crippen LogP contribution in [0, 0.1) is 12.3 Å². The Bertz CT molecular complexity index is 304. The van der Waals surface area contributed by atoms with Crippen LogP contribution in [0.3, 0.4) is 0 Å². The fourth-order valence-corrected chi connectivity index (χ4v) is 2.33. The van der Waals surface area contributed by atoms with E-state index in [2.05, 4.69) is 10.3 Å². The molecule has 1 aromatic rings. The van der Waals surface area contributed by atoms with Crippen LogP contribution in [0.4, 0.5) is 0 Å². The molecule has 1 saturated carbocycles. The highest BCUT2D eigenvalue weighted by Crippen LogP contribution is 2.43. The van der Waals surface area contributed by atoms with Crippen LogP contribution >= 0.6 is 11.3 Å². The van der Waals surface area contributed by atoms with Gasteiger partial charge in [-0.25, -0.2) is 4.98 Å². The lowest BCUT2D eigenvalue weighted by molar-refractivity contribution is 0.469. The highest BCUT2D eigenvalue weighted by atomic mass is 32.1. The standard InChI is InChI=1S/C10H17N3S/c1-8-13-5-9(14-8)4-12-7-10(6-11)2-3-10/h5,12H,2-4,6-7,11H2,1H3. The quantitative estimate of drug-likeness (QED) is 0.771. The summed E-state index contributed by atoms with van der Waals surface area (Å²) >= 11 is 1.76. The Hall–Kier alpha value is -0.450. The monoisotopic (exact) mass is 211 g/mol. The van der Waals surface area contributed by atoms with Gasteiger partial charge in [-0.3, -0.25) is 0 Å². The maximum Gasteiger partial charge on any atom is 0.0897 e. The number of aryl methyl sites for hydroxylation is 1. The second kappa shape index (κ2) is 3.96. The van der Waals surface area contributed by atoms with Crippen molar-refractivity contribution in [2.75, 3.05) is 13.1 Å². The molecule has 2 rings (SSSR count). The summed E-state index contributed by atoms with van der Waals surface area (Å²) in [6, 6.07) is 0. The maximum atomic E-state index is 5.70. The molecule has 14 heavy (non-hydrogen) atoms. The molecule has 0 saturated heterocycles. The smallest absolute Gasteiger partial charge is 0.0897 e. The molecule has 0 atom stereocenters. The minimum Gasteiger partial charge on any atom is -0.330 e. The fourth-order valence-electron chi connectivity index (χ4n) is 1.57. The third-order valence-corrected chi connectivity index (χ3v) is 3.77. The third kappa shape index (κ3) is 2.32. The molecule has 1 fully saturated rings. The van der Waals surface area contributed by atoms with Gasteiger partial charge in [0.2, 0.25) is 0 Å². The normalized spacial score (nSPS) is 18.4. The Labute approximate surface area is 88.7 Å². The predicted molar refractivity (Wildman–Crippen MR) is 59.3 cm³/mol. The Morgan fingerprint density at radius 3 is 2.93 bits per heavy atom. The van der Waals surface area contributed by atoms with Crippen LogP contribution in [0.15, 0.2) is 6.20 Å². The molecule has 3 nitrogen and oxygen atoms in total.